The molecule has 1 saturated carbocycles. The maximum Gasteiger partial charge on any atom is 0.0690 e. The van der Waals surface area contributed by atoms with Gasteiger partial charge >= 0.3 is 0 Å². The van der Waals surface area contributed by atoms with Crippen LogP contribution < -0.4 is 0 Å². The first-order chi connectivity index (χ1) is 8.17. The number of hydrogen-bond donors (Lipinski definition) is 0. The summed E-state index contributed by atoms with van der Waals surface area (Å²) in [6.07, 6.45) is 9.68. The zero-order valence-corrected chi connectivity index (χ0v) is 15.3. The lowest BCUT2D eigenvalue weighted by atomic mass is 9.84. The van der Waals surface area contributed by atoms with Crippen molar-refractivity contribution in [3.63, 3.8) is 0 Å². The molecule has 0 aromatic rings. The summed E-state index contributed by atoms with van der Waals surface area (Å²) in [4.78, 5) is 0. The van der Waals surface area contributed by atoms with Crippen LogP contribution in [0.5, 0.6) is 0 Å². The van der Waals surface area contributed by atoms with Gasteiger partial charge in [0.1, 0.15) is 0 Å². The highest BCUT2D eigenvalue weighted by Crippen LogP contribution is 2.31. The fourth-order valence-electron chi connectivity index (χ4n) is 2.58. The largest absolute Gasteiger partial charge is 0.0948 e. The molecular weight excluding hydrogens is 248 g/mol. The molecule has 2 heteroatoms. The molecule has 0 radical (unpaired) electrons. The Hall–Kier alpha value is -0.0862. The highest BCUT2D eigenvalue weighted by molar-refractivity contribution is 6.81. The van der Waals surface area contributed by atoms with Crippen molar-refractivity contribution >= 4 is 16.1 Å². The van der Waals surface area contributed by atoms with Crippen molar-refractivity contribution < 1.29 is 0 Å². The Balaban J connectivity index is 2.88. The minimum absolute atomic E-state index is 0.859. The average Bonchev–Trinajstić information content (AvgIpc) is 2.23. The van der Waals surface area contributed by atoms with Crippen LogP contribution in [0.4, 0.5) is 0 Å². The number of allylic oxidation sites excluding steroid dienone is 2. The molecule has 1 aliphatic carbocycles. The maximum absolute atomic E-state index is 2.65. The van der Waals surface area contributed by atoms with Crippen LogP contribution >= 0.6 is 0 Å². The molecule has 1 aliphatic rings. The molecule has 0 spiro atoms. The van der Waals surface area contributed by atoms with Gasteiger partial charge in [0.2, 0.25) is 0 Å². The first kappa shape index (κ1) is 16.0. The Morgan fingerprint density at radius 2 is 1.39 bits per heavy atom. The van der Waals surface area contributed by atoms with Crippen molar-refractivity contribution in [2.45, 2.75) is 71.4 Å². The number of hydrogen-bond acceptors (Lipinski definition) is 0. The van der Waals surface area contributed by atoms with Gasteiger partial charge in [-0.1, -0.05) is 81.6 Å². The monoisotopic (exact) mass is 280 g/mol. The molecule has 0 bridgehead atoms. The van der Waals surface area contributed by atoms with E-state index in [-0.39, 0.29) is 0 Å². The van der Waals surface area contributed by atoms with Gasteiger partial charge in [0.15, 0.2) is 0 Å². The first-order valence-electron chi connectivity index (χ1n) is 7.59. The van der Waals surface area contributed by atoms with Gasteiger partial charge in [-0.05, 0) is 18.8 Å². The van der Waals surface area contributed by atoms with Crippen molar-refractivity contribution in [1.82, 2.24) is 0 Å². The maximum atomic E-state index is 2.65. The quantitative estimate of drug-likeness (QED) is 0.451. The van der Waals surface area contributed by atoms with Gasteiger partial charge in [0.25, 0.3) is 0 Å². The second-order valence-electron chi connectivity index (χ2n) is 8.04. The van der Waals surface area contributed by atoms with Crippen LogP contribution in [-0.2, 0) is 0 Å². The fourth-order valence-corrected chi connectivity index (χ4v) is 4.61. The van der Waals surface area contributed by atoms with E-state index in [0.717, 1.165) is 5.92 Å². The summed E-state index contributed by atoms with van der Waals surface area (Å²) < 4.78 is 0. The van der Waals surface area contributed by atoms with Crippen LogP contribution in [0.25, 0.3) is 0 Å². The van der Waals surface area contributed by atoms with Gasteiger partial charge in [-0.2, -0.15) is 0 Å². The highest BCUT2D eigenvalue weighted by Gasteiger charge is 2.20. The number of rotatable bonds is 4. The van der Waals surface area contributed by atoms with E-state index in [1.165, 1.54) is 32.1 Å². The van der Waals surface area contributed by atoms with E-state index in [1.54, 1.807) is 5.57 Å². The molecule has 0 atom stereocenters. The van der Waals surface area contributed by atoms with Gasteiger partial charge in [0.05, 0.1) is 16.1 Å². The van der Waals surface area contributed by atoms with Crippen molar-refractivity contribution in [3.05, 3.63) is 23.0 Å². The van der Waals surface area contributed by atoms with Crippen molar-refractivity contribution in [1.29, 1.82) is 0 Å². The molecule has 0 unspecified atom stereocenters. The molecule has 0 aliphatic heterocycles. The third kappa shape index (κ3) is 6.74. The molecule has 0 heterocycles. The van der Waals surface area contributed by atoms with Crippen LogP contribution in [0.15, 0.2) is 23.0 Å². The molecule has 0 saturated heterocycles. The van der Waals surface area contributed by atoms with Crippen molar-refractivity contribution in [2.75, 3.05) is 0 Å². The minimum atomic E-state index is -1.10. The van der Waals surface area contributed by atoms with E-state index < -0.39 is 16.1 Å². The van der Waals surface area contributed by atoms with E-state index in [1.807, 2.05) is 0 Å². The zero-order valence-electron chi connectivity index (χ0n) is 13.3. The topological polar surface area (TPSA) is 0 Å². The Morgan fingerprint density at radius 1 is 0.833 bits per heavy atom. The van der Waals surface area contributed by atoms with E-state index in [9.17, 15) is 0 Å². The van der Waals surface area contributed by atoms with Gasteiger partial charge in [-0.3, -0.25) is 0 Å². The van der Waals surface area contributed by atoms with Crippen LogP contribution in [0.3, 0.4) is 0 Å². The molecular formula is C16H32Si2. The third-order valence-corrected chi connectivity index (χ3v) is 5.82. The summed E-state index contributed by atoms with van der Waals surface area (Å²) in [6, 6.07) is 0. The Morgan fingerprint density at radius 3 is 1.83 bits per heavy atom. The summed E-state index contributed by atoms with van der Waals surface area (Å²) in [5.41, 5.74) is 6.86. The molecule has 0 N–H and O–H groups in total. The molecule has 1 rings (SSSR count). The van der Waals surface area contributed by atoms with E-state index in [4.69, 9.17) is 0 Å². The predicted molar refractivity (Wildman–Crippen MR) is 90.5 cm³/mol. The molecule has 0 aromatic heterocycles. The van der Waals surface area contributed by atoms with E-state index in [2.05, 4.69) is 56.8 Å². The third-order valence-electron chi connectivity index (χ3n) is 3.45. The van der Waals surface area contributed by atoms with Crippen LogP contribution in [0, 0.1) is 5.92 Å². The van der Waals surface area contributed by atoms with Gasteiger partial charge in [-0.15, -0.1) is 0 Å². The smallest absolute Gasteiger partial charge is 0.0690 e. The standard InChI is InChI=1S/C16H32Si2/c1-17(2,3)13-12-16(14-18(4,5)6)15-10-8-7-9-11-15/h12-15H,7-11H2,1-6H3/b13-12+,16-14-. The van der Waals surface area contributed by atoms with Crippen LogP contribution in [0.2, 0.25) is 39.3 Å². The van der Waals surface area contributed by atoms with E-state index >= 15 is 0 Å². The molecule has 0 nitrogen and oxygen atoms in total. The van der Waals surface area contributed by atoms with Gasteiger partial charge in [0, 0.05) is 0 Å². The molecule has 1 fully saturated rings. The average molecular weight is 281 g/mol. The van der Waals surface area contributed by atoms with Crippen LogP contribution in [0.1, 0.15) is 32.1 Å². The second kappa shape index (κ2) is 6.38. The lowest BCUT2D eigenvalue weighted by Crippen LogP contribution is -2.21. The Bertz CT molecular complexity index is 307. The first-order valence-corrected chi connectivity index (χ1v) is 14.7. The normalized spacial score (nSPS) is 20.7. The molecule has 104 valence electrons. The summed E-state index contributed by atoms with van der Waals surface area (Å²) in [7, 11) is -2.16. The zero-order chi connectivity index (χ0) is 13.8. The van der Waals surface area contributed by atoms with Gasteiger partial charge in [-0.25, -0.2) is 0 Å². The summed E-state index contributed by atoms with van der Waals surface area (Å²) in [5.74, 6) is 0.859. The van der Waals surface area contributed by atoms with Crippen molar-refractivity contribution in [3.8, 4) is 0 Å². The molecule has 0 aromatic carbocycles. The van der Waals surface area contributed by atoms with Gasteiger partial charge < -0.3 is 0 Å². The molecule has 0 amide bonds. The Labute approximate surface area is 117 Å². The van der Waals surface area contributed by atoms with Crippen molar-refractivity contribution in [2.24, 2.45) is 5.92 Å². The van der Waals surface area contributed by atoms with Crippen LogP contribution in [-0.4, -0.2) is 16.1 Å². The lowest BCUT2D eigenvalue weighted by molar-refractivity contribution is 0.408. The minimum Gasteiger partial charge on any atom is -0.0948 e. The SMILES string of the molecule is C[Si](C)(C)/C=C/C(=C/[Si](C)(C)C)C1CCCCC1. The lowest BCUT2D eigenvalue weighted by Gasteiger charge is -2.25. The Kier molecular flexibility index (Phi) is 5.66. The summed E-state index contributed by atoms with van der Waals surface area (Å²) in [5, 5.41) is 0. The van der Waals surface area contributed by atoms with E-state index in [0.29, 0.717) is 0 Å². The highest BCUT2D eigenvalue weighted by atomic mass is 28.3. The fraction of sp³-hybridized carbons (Fsp3) is 0.750. The second-order valence-corrected chi connectivity index (χ2v) is 18.1. The molecule has 18 heavy (non-hydrogen) atoms. The summed E-state index contributed by atoms with van der Waals surface area (Å²) >= 11 is 0. The predicted octanol–water partition coefficient (Wildman–Crippen LogP) is 5.80. The summed E-state index contributed by atoms with van der Waals surface area (Å²) in [6.45, 7) is 14.7.